The molecule has 0 saturated heterocycles. The van der Waals surface area contributed by atoms with Crippen molar-refractivity contribution in [2.75, 3.05) is 5.73 Å². The van der Waals surface area contributed by atoms with Crippen molar-refractivity contribution in [3.63, 3.8) is 0 Å². The molecule has 0 amide bonds. The number of rotatable bonds is 1. The molecule has 0 fully saturated rings. The lowest BCUT2D eigenvalue weighted by molar-refractivity contribution is 0.581. The first kappa shape index (κ1) is 9.27. The minimum Gasteiger partial charge on any atom is -0.463 e. The van der Waals surface area contributed by atoms with Gasteiger partial charge in [-0.15, -0.1) is 0 Å². The molecule has 2 rings (SSSR count). The number of hydrogen-bond donors (Lipinski definition) is 1. The van der Waals surface area contributed by atoms with Crippen LogP contribution in [-0.2, 0) is 0 Å². The molecule has 14 heavy (non-hydrogen) atoms. The van der Waals surface area contributed by atoms with Gasteiger partial charge in [0.2, 0.25) is 0 Å². The third-order valence-electron chi connectivity index (χ3n) is 2.00. The zero-order valence-electron chi connectivity index (χ0n) is 7.62. The molecular formula is C10H9BrN2O. The molecule has 2 aromatic rings. The summed E-state index contributed by atoms with van der Waals surface area (Å²) >= 11 is 3.39. The third kappa shape index (κ3) is 1.53. The monoisotopic (exact) mass is 252 g/mol. The Morgan fingerprint density at radius 1 is 1.50 bits per heavy atom. The van der Waals surface area contributed by atoms with Gasteiger partial charge in [-0.25, -0.2) is 4.98 Å². The smallest absolute Gasteiger partial charge is 0.149 e. The quantitative estimate of drug-likeness (QED) is 0.849. The maximum Gasteiger partial charge on any atom is 0.149 e. The van der Waals surface area contributed by atoms with Crippen molar-refractivity contribution in [3.05, 3.63) is 34.6 Å². The fourth-order valence-electron chi connectivity index (χ4n) is 1.21. The third-order valence-corrected chi connectivity index (χ3v) is 2.62. The summed E-state index contributed by atoms with van der Waals surface area (Å²) in [6, 6.07) is 3.80. The van der Waals surface area contributed by atoms with E-state index in [1.54, 1.807) is 12.5 Å². The van der Waals surface area contributed by atoms with Gasteiger partial charge in [0, 0.05) is 11.8 Å². The number of halogens is 1. The summed E-state index contributed by atoms with van der Waals surface area (Å²) in [5, 5.41) is 0. The van der Waals surface area contributed by atoms with Crippen LogP contribution in [0.2, 0.25) is 0 Å². The first-order valence-electron chi connectivity index (χ1n) is 4.14. The lowest BCUT2D eigenvalue weighted by Gasteiger charge is -2.01. The van der Waals surface area contributed by atoms with Crippen LogP contribution in [0.25, 0.3) is 11.3 Å². The fraction of sp³-hybridized carbons (Fsp3) is 0.100. The minimum absolute atomic E-state index is 0.552. The van der Waals surface area contributed by atoms with E-state index in [1.807, 2.05) is 19.1 Å². The average Bonchev–Trinajstić information content (AvgIpc) is 2.57. The van der Waals surface area contributed by atoms with Crippen LogP contribution in [0.1, 0.15) is 5.56 Å². The van der Waals surface area contributed by atoms with Gasteiger partial charge in [-0.2, -0.15) is 0 Å². The highest BCUT2D eigenvalue weighted by Gasteiger charge is 2.07. The Bertz CT molecular complexity index is 465. The van der Waals surface area contributed by atoms with Gasteiger partial charge in [0.1, 0.15) is 11.6 Å². The standard InChI is InChI=1S/C10H9BrN2O/c1-6-4-7(5-13-10(6)12)9-8(11)2-3-14-9/h2-5H,1H3,(H2,12,13). The Kier molecular flexibility index (Phi) is 2.29. The largest absolute Gasteiger partial charge is 0.463 e. The normalized spacial score (nSPS) is 10.4. The van der Waals surface area contributed by atoms with Crippen molar-refractivity contribution in [2.24, 2.45) is 0 Å². The Hall–Kier alpha value is -1.29. The average molecular weight is 253 g/mol. The van der Waals surface area contributed by atoms with E-state index < -0.39 is 0 Å². The zero-order chi connectivity index (χ0) is 10.1. The van der Waals surface area contributed by atoms with Gasteiger partial charge in [0.05, 0.1) is 10.7 Å². The molecule has 0 saturated carbocycles. The summed E-state index contributed by atoms with van der Waals surface area (Å²) in [5.41, 5.74) is 7.50. The first-order valence-corrected chi connectivity index (χ1v) is 4.93. The Morgan fingerprint density at radius 3 is 2.86 bits per heavy atom. The highest BCUT2D eigenvalue weighted by Crippen LogP contribution is 2.29. The summed E-state index contributed by atoms with van der Waals surface area (Å²) in [5.74, 6) is 1.33. The Morgan fingerprint density at radius 2 is 2.29 bits per heavy atom. The molecule has 0 aromatic carbocycles. The van der Waals surface area contributed by atoms with Crippen LogP contribution in [-0.4, -0.2) is 4.98 Å². The molecule has 2 aromatic heterocycles. The van der Waals surface area contributed by atoms with Crippen LogP contribution in [0.4, 0.5) is 5.82 Å². The number of anilines is 1. The van der Waals surface area contributed by atoms with Crippen LogP contribution in [0, 0.1) is 6.92 Å². The molecule has 3 nitrogen and oxygen atoms in total. The number of nitrogens with two attached hydrogens (primary N) is 1. The highest BCUT2D eigenvalue weighted by molar-refractivity contribution is 9.10. The summed E-state index contributed by atoms with van der Waals surface area (Å²) in [6.07, 6.45) is 3.33. The summed E-state index contributed by atoms with van der Waals surface area (Å²) in [4.78, 5) is 4.07. The molecule has 2 N–H and O–H groups in total. The molecule has 2 heterocycles. The molecule has 0 spiro atoms. The summed E-state index contributed by atoms with van der Waals surface area (Å²) < 4.78 is 6.24. The van der Waals surface area contributed by atoms with E-state index in [0.717, 1.165) is 21.4 Å². The summed E-state index contributed by atoms with van der Waals surface area (Å²) in [7, 11) is 0. The number of hydrogen-bond acceptors (Lipinski definition) is 3. The molecule has 72 valence electrons. The number of aryl methyl sites for hydroxylation is 1. The van der Waals surface area contributed by atoms with Gasteiger partial charge in [0.25, 0.3) is 0 Å². The van der Waals surface area contributed by atoms with Gasteiger partial charge in [-0.1, -0.05) is 0 Å². The number of aromatic nitrogens is 1. The van der Waals surface area contributed by atoms with E-state index in [4.69, 9.17) is 10.2 Å². The number of furan rings is 1. The summed E-state index contributed by atoms with van der Waals surface area (Å²) in [6.45, 7) is 1.92. The fourth-order valence-corrected chi connectivity index (χ4v) is 1.64. The molecule has 4 heteroatoms. The van der Waals surface area contributed by atoms with E-state index in [9.17, 15) is 0 Å². The van der Waals surface area contributed by atoms with Gasteiger partial charge >= 0.3 is 0 Å². The molecule has 0 aliphatic carbocycles. The van der Waals surface area contributed by atoms with Crippen LogP contribution >= 0.6 is 15.9 Å². The molecule has 0 aliphatic heterocycles. The minimum atomic E-state index is 0.552. The zero-order valence-corrected chi connectivity index (χ0v) is 9.21. The second kappa shape index (κ2) is 3.46. The van der Waals surface area contributed by atoms with Crippen molar-refractivity contribution >= 4 is 21.7 Å². The molecule has 0 aliphatic rings. The van der Waals surface area contributed by atoms with Crippen LogP contribution in [0.15, 0.2) is 33.5 Å². The Labute approximate surface area is 90.1 Å². The van der Waals surface area contributed by atoms with Crippen LogP contribution < -0.4 is 5.73 Å². The van der Waals surface area contributed by atoms with Crippen molar-refractivity contribution in [2.45, 2.75) is 6.92 Å². The maximum absolute atomic E-state index is 5.63. The van der Waals surface area contributed by atoms with Gasteiger partial charge < -0.3 is 10.2 Å². The highest BCUT2D eigenvalue weighted by atomic mass is 79.9. The van der Waals surface area contributed by atoms with Gasteiger partial charge in [-0.3, -0.25) is 0 Å². The lowest BCUT2D eigenvalue weighted by Crippen LogP contribution is -1.93. The van der Waals surface area contributed by atoms with Crippen LogP contribution in [0.3, 0.4) is 0 Å². The number of nitrogens with zero attached hydrogens (tertiary/aromatic N) is 1. The molecule has 0 bridgehead atoms. The van der Waals surface area contributed by atoms with Gasteiger partial charge in [-0.05, 0) is 40.5 Å². The van der Waals surface area contributed by atoms with E-state index in [1.165, 1.54) is 0 Å². The van der Waals surface area contributed by atoms with Crippen molar-refractivity contribution in [1.82, 2.24) is 4.98 Å². The van der Waals surface area contributed by atoms with E-state index in [-0.39, 0.29) is 0 Å². The van der Waals surface area contributed by atoms with Crippen molar-refractivity contribution in [3.8, 4) is 11.3 Å². The molecule has 0 radical (unpaired) electrons. The van der Waals surface area contributed by atoms with Crippen molar-refractivity contribution in [1.29, 1.82) is 0 Å². The number of pyridine rings is 1. The second-order valence-electron chi connectivity index (χ2n) is 3.02. The molecule has 0 unspecified atom stereocenters. The SMILES string of the molecule is Cc1cc(-c2occc2Br)cnc1N. The first-order chi connectivity index (χ1) is 6.68. The Balaban J connectivity index is 2.53. The van der Waals surface area contributed by atoms with Gasteiger partial charge in [0.15, 0.2) is 0 Å². The topological polar surface area (TPSA) is 52.0 Å². The molecular weight excluding hydrogens is 244 g/mol. The van der Waals surface area contributed by atoms with E-state index in [2.05, 4.69) is 20.9 Å². The van der Waals surface area contributed by atoms with Crippen molar-refractivity contribution < 1.29 is 4.42 Å². The lowest BCUT2D eigenvalue weighted by atomic mass is 10.1. The van der Waals surface area contributed by atoms with E-state index >= 15 is 0 Å². The predicted molar refractivity (Wildman–Crippen MR) is 58.8 cm³/mol. The maximum atomic E-state index is 5.63. The predicted octanol–water partition coefficient (Wildman–Crippen LogP) is 2.99. The second-order valence-corrected chi connectivity index (χ2v) is 3.88. The van der Waals surface area contributed by atoms with E-state index in [0.29, 0.717) is 5.82 Å². The molecule has 0 atom stereocenters. The van der Waals surface area contributed by atoms with Crippen LogP contribution in [0.5, 0.6) is 0 Å². The number of nitrogen functional groups attached to an aromatic ring is 1.